The zero-order valence-corrected chi connectivity index (χ0v) is 10.3. The summed E-state index contributed by atoms with van der Waals surface area (Å²) in [6.07, 6.45) is 7.38. The maximum atomic E-state index is 5.74. The number of anilines is 1. The Morgan fingerprint density at radius 3 is 3.06 bits per heavy atom. The van der Waals surface area contributed by atoms with Gasteiger partial charge in [-0.2, -0.15) is 0 Å². The molecule has 1 aliphatic heterocycles. The van der Waals surface area contributed by atoms with Crippen LogP contribution in [0.1, 0.15) is 31.7 Å². The Kier molecular flexibility index (Phi) is 3.39. The zero-order chi connectivity index (χ0) is 11.5. The van der Waals surface area contributed by atoms with Gasteiger partial charge in [0, 0.05) is 24.3 Å². The lowest BCUT2D eigenvalue weighted by Gasteiger charge is -2.36. The fourth-order valence-corrected chi connectivity index (χ4v) is 2.45. The van der Waals surface area contributed by atoms with Crippen molar-refractivity contribution in [1.82, 2.24) is 4.98 Å². The molecule has 0 saturated carbocycles. The molecular weight excluding hydrogens is 218 g/mol. The van der Waals surface area contributed by atoms with Gasteiger partial charge in [0.2, 0.25) is 0 Å². The molecule has 2 N–H and O–H groups in total. The molecule has 1 saturated heterocycles. The molecule has 1 unspecified atom stereocenters. The first kappa shape index (κ1) is 11.3. The lowest BCUT2D eigenvalue weighted by molar-refractivity contribution is 0.484. The highest BCUT2D eigenvalue weighted by molar-refractivity contribution is 7.80. The van der Waals surface area contributed by atoms with Crippen LogP contribution in [0, 0.1) is 0 Å². The molecule has 86 valence electrons. The summed E-state index contributed by atoms with van der Waals surface area (Å²) >= 11 is 5.08. The Labute approximate surface area is 102 Å². The molecule has 0 bridgehead atoms. The molecule has 3 nitrogen and oxygen atoms in total. The molecule has 0 aliphatic carbocycles. The van der Waals surface area contributed by atoms with E-state index in [2.05, 4.69) is 16.8 Å². The van der Waals surface area contributed by atoms with Gasteiger partial charge in [0.25, 0.3) is 0 Å². The van der Waals surface area contributed by atoms with Crippen molar-refractivity contribution in [3.63, 3.8) is 0 Å². The van der Waals surface area contributed by atoms with E-state index >= 15 is 0 Å². The summed E-state index contributed by atoms with van der Waals surface area (Å²) in [5.41, 5.74) is 7.77. The van der Waals surface area contributed by atoms with Gasteiger partial charge < -0.3 is 10.6 Å². The molecule has 0 radical (unpaired) electrons. The SMILES string of the molecule is CC1CCCCN1c1cnccc1C(N)=S. The molecule has 0 spiro atoms. The number of hydrogen-bond acceptors (Lipinski definition) is 3. The van der Waals surface area contributed by atoms with E-state index in [0.29, 0.717) is 11.0 Å². The predicted octanol–water partition coefficient (Wildman–Crippen LogP) is 2.09. The van der Waals surface area contributed by atoms with Crippen molar-refractivity contribution < 1.29 is 0 Å². The van der Waals surface area contributed by atoms with Crippen molar-refractivity contribution in [3.8, 4) is 0 Å². The fourth-order valence-electron chi connectivity index (χ4n) is 2.28. The normalized spacial score (nSPS) is 20.8. The van der Waals surface area contributed by atoms with Crippen LogP contribution < -0.4 is 10.6 Å². The number of thiocarbonyl (C=S) groups is 1. The van der Waals surface area contributed by atoms with E-state index in [0.717, 1.165) is 17.8 Å². The van der Waals surface area contributed by atoms with Crippen molar-refractivity contribution in [2.24, 2.45) is 5.73 Å². The second-order valence-corrected chi connectivity index (χ2v) is 4.74. The smallest absolute Gasteiger partial charge is 0.106 e. The minimum atomic E-state index is 0.454. The predicted molar refractivity (Wildman–Crippen MR) is 70.8 cm³/mol. The molecule has 16 heavy (non-hydrogen) atoms. The van der Waals surface area contributed by atoms with Crippen LogP contribution in [-0.2, 0) is 0 Å². The molecule has 1 aromatic heterocycles. The van der Waals surface area contributed by atoms with Crippen LogP contribution in [0.4, 0.5) is 5.69 Å². The van der Waals surface area contributed by atoms with Crippen LogP contribution in [0.3, 0.4) is 0 Å². The summed E-state index contributed by atoms with van der Waals surface area (Å²) in [6.45, 7) is 3.32. The quantitative estimate of drug-likeness (QED) is 0.797. The van der Waals surface area contributed by atoms with Gasteiger partial charge in [-0.1, -0.05) is 12.2 Å². The summed E-state index contributed by atoms with van der Waals surface area (Å²) in [4.78, 5) is 7.00. The second kappa shape index (κ2) is 4.78. The maximum absolute atomic E-state index is 5.74. The van der Waals surface area contributed by atoms with Crippen molar-refractivity contribution in [2.45, 2.75) is 32.2 Å². The number of nitrogens with two attached hydrogens (primary N) is 1. The highest BCUT2D eigenvalue weighted by Gasteiger charge is 2.21. The zero-order valence-electron chi connectivity index (χ0n) is 9.52. The van der Waals surface area contributed by atoms with Crippen LogP contribution in [0.5, 0.6) is 0 Å². The summed E-state index contributed by atoms with van der Waals surface area (Å²) in [5, 5.41) is 0. The van der Waals surface area contributed by atoms with Gasteiger partial charge in [0.1, 0.15) is 4.99 Å². The monoisotopic (exact) mass is 235 g/mol. The van der Waals surface area contributed by atoms with E-state index in [1.807, 2.05) is 12.3 Å². The summed E-state index contributed by atoms with van der Waals surface area (Å²) in [6, 6.07) is 2.45. The van der Waals surface area contributed by atoms with Crippen molar-refractivity contribution >= 4 is 22.9 Å². The number of hydrogen-bond donors (Lipinski definition) is 1. The van der Waals surface area contributed by atoms with Crippen molar-refractivity contribution in [1.29, 1.82) is 0 Å². The van der Waals surface area contributed by atoms with E-state index < -0.39 is 0 Å². The van der Waals surface area contributed by atoms with E-state index in [9.17, 15) is 0 Å². The number of rotatable bonds is 2. The molecular formula is C12H17N3S. The molecule has 0 aromatic carbocycles. The van der Waals surface area contributed by atoms with E-state index in [-0.39, 0.29) is 0 Å². The average Bonchev–Trinajstić information content (AvgIpc) is 2.29. The fraction of sp³-hybridized carbons (Fsp3) is 0.500. The van der Waals surface area contributed by atoms with Crippen LogP contribution in [0.25, 0.3) is 0 Å². The van der Waals surface area contributed by atoms with E-state index in [1.54, 1.807) is 6.20 Å². The van der Waals surface area contributed by atoms with Gasteiger partial charge in [-0.05, 0) is 32.3 Å². The van der Waals surface area contributed by atoms with E-state index in [4.69, 9.17) is 18.0 Å². The molecule has 1 aliphatic rings. The number of pyridine rings is 1. The first-order chi connectivity index (χ1) is 7.70. The molecule has 4 heteroatoms. The minimum Gasteiger partial charge on any atom is -0.389 e. The molecule has 2 heterocycles. The van der Waals surface area contributed by atoms with Gasteiger partial charge >= 0.3 is 0 Å². The number of nitrogens with zero attached hydrogens (tertiary/aromatic N) is 2. The van der Waals surface area contributed by atoms with Gasteiger partial charge in [-0.25, -0.2) is 0 Å². The van der Waals surface area contributed by atoms with Crippen molar-refractivity contribution in [3.05, 3.63) is 24.0 Å². The maximum Gasteiger partial charge on any atom is 0.106 e. The second-order valence-electron chi connectivity index (χ2n) is 4.30. The molecule has 0 amide bonds. The molecule has 1 fully saturated rings. The third-order valence-corrected chi connectivity index (χ3v) is 3.40. The highest BCUT2D eigenvalue weighted by atomic mass is 32.1. The lowest BCUT2D eigenvalue weighted by atomic mass is 10.0. The lowest BCUT2D eigenvalue weighted by Crippen LogP contribution is -2.38. The Morgan fingerprint density at radius 2 is 2.38 bits per heavy atom. The molecule has 1 aromatic rings. The standard InChI is InChI=1S/C12H17N3S/c1-9-4-2-3-7-15(9)11-8-14-6-5-10(11)12(13)16/h5-6,8-9H,2-4,7H2,1H3,(H2,13,16). The largest absolute Gasteiger partial charge is 0.389 e. The van der Waals surface area contributed by atoms with Crippen LogP contribution in [0.2, 0.25) is 0 Å². The molecule has 2 rings (SSSR count). The van der Waals surface area contributed by atoms with Crippen LogP contribution in [-0.4, -0.2) is 22.6 Å². The third-order valence-electron chi connectivity index (χ3n) is 3.18. The topological polar surface area (TPSA) is 42.2 Å². The summed E-state index contributed by atoms with van der Waals surface area (Å²) in [7, 11) is 0. The first-order valence-electron chi connectivity index (χ1n) is 5.70. The van der Waals surface area contributed by atoms with Gasteiger partial charge in [0.15, 0.2) is 0 Å². The first-order valence-corrected chi connectivity index (χ1v) is 6.11. The van der Waals surface area contributed by atoms with Crippen LogP contribution >= 0.6 is 12.2 Å². The molecule has 1 atom stereocenters. The minimum absolute atomic E-state index is 0.454. The van der Waals surface area contributed by atoms with E-state index in [1.165, 1.54) is 19.3 Å². The highest BCUT2D eigenvalue weighted by Crippen LogP contribution is 2.26. The summed E-state index contributed by atoms with van der Waals surface area (Å²) < 4.78 is 0. The Balaban J connectivity index is 2.34. The Hall–Kier alpha value is -1.16. The van der Waals surface area contributed by atoms with Gasteiger partial charge in [0.05, 0.1) is 11.9 Å². The van der Waals surface area contributed by atoms with Gasteiger partial charge in [-0.3, -0.25) is 4.98 Å². The number of aromatic nitrogens is 1. The van der Waals surface area contributed by atoms with Crippen LogP contribution in [0.15, 0.2) is 18.5 Å². The third kappa shape index (κ3) is 2.16. The summed E-state index contributed by atoms with van der Waals surface area (Å²) in [5.74, 6) is 0. The van der Waals surface area contributed by atoms with Gasteiger partial charge in [-0.15, -0.1) is 0 Å². The average molecular weight is 235 g/mol. The Morgan fingerprint density at radius 1 is 1.56 bits per heavy atom. The number of piperidine rings is 1. The van der Waals surface area contributed by atoms with Crippen molar-refractivity contribution in [2.75, 3.05) is 11.4 Å². The Bertz CT molecular complexity index is 392.